The molecule has 3 aromatic rings. The zero-order valence-electron chi connectivity index (χ0n) is 18.8. The maximum Gasteiger partial charge on any atom is 0.173 e. The van der Waals surface area contributed by atoms with Gasteiger partial charge < -0.3 is 14.4 Å². The second kappa shape index (κ2) is 10.1. The molecular weight excluding hydrogens is 440 g/mol. The molecule has 1 aromatic heterocycles. The van der Waals surface area contributed by atoms with Crippen LogP contribution < -0.4 is 9.64 Å². The van der Waals surface area contributed by atoms with E-state index in [4.69, 9.17) is 21.1 Å². The molecule has 2 aliphatic rings. The average Bonchev–Trinajstić information content (AvgIpc) is 3.54. The van der Waals surface area contributed by atoms with E-state index in [2.05, 4.69) is 49.6 Å². The van der Waals surface area contributed by atoms with Gasteiger partial charge in [0.05, 0.1) is 25.8 Å². The van der Waals surface area contributed by atoms with Gasteiger partial charge in [0.15, 0.2) is 5.82 Å². The summed E-state index contributed by atoms with van der Waals surface area (Å²) in [5.41, 5.74) is 2.35. The molecule has 2 fully saturated rings. The Morgan fingerprint density at radius 2 is 1.82 bits per heavy atom. The highest BCUT2D eigenvalue weighted by atomic mass is 35.5. The summed E-state index contributed by atoms with van der Waals surface area (Å²) in [5, 5.41) is 13.5. The Labute approximate surface area is 199 Å². The van der Waals surface area contributed by atoms with E-state index < -0.39 is 0 Å². The van der Waals surface area contributed by atoms with Crippen LogP contribution in [-0.4, -0.2) is 71.1 Å². The fourth-order valence-electron chi connectivity index (χ4n) is 4.72. The Morgan fingerprint density at radius 1 is 1.06 bits per heavy atom. The molecule has 9 heteroatoms. The number of piperazine rings is 1. The minimum absolute atomic E-state index is 0.0447. The fourth-order valence-corrected chi connectivity index (χ4v) is 4.84. The molecule has 2 aromatic carbocycles. The normalized spacial score (nSPS) is 20.2. The second-order valence-electron chi connectivity index (χ2n) is 8.53. The Hall–Kier alpha value is -2.68. The summed E-state index contributed by atoms with van der Waals surface area (Å²) in [6.45, 7) is 5.12. The van der Waals surface area contributed by atoms with Gasteiger partial charge in [-0.25, -0.2) is 4.68 Å². The third-order valence-corrected chi connectivity index (χ3v) is 6.76. The molecular formula is C24H29ClN6O2. The number of ether oxygens (including phenoxy) is 2. The van der Waals surface area contributed by atoms with Gasteiger partial charge in [-0.05, 0) is 65.2 Å². The van der Waals surface area contributed by atoms with Gasteiger partial charge in [0.25, 0.3) is 0 Å². The van der Waals surface area contributed by atoms with E-state index in [1.807, 2.05) is 28.9 Å². The molecule has 0 spiro atoms. The number of methoxy groups -OCH3 is 1. The van der Waals surface area contributed by atoms with Gasteiger partial charge >= 0.3 is 0 Å². The number of hydrogen-bond donors (Lipinski definition) is 0. The van der Waals surface area contributed by atoms with Gasteiger partial charge in [-0.1, -0.05) is 23.7 Å². The van der Waals surface area contributed by atoms with Crippen LogP contribution in [0.25, 0.3) is 0 Å². The number of rotatable bonds is 7. The van der Waals surface area contributed by atoms with Gasteiger partial charge in [0.2, 0.25) is 0 Å². The Balaban J connectivity index is 1.37. The molecule has 33 heavy (non-hydrogen) atoms. The van der Waals surface area contributed by atoms with Crippen molar-refractivity contribution in [2.75, 3.05) is 44.8 Å². The van der Waals surface area contributed by atoms with Gasteiger partial charge in [0, 0.05) is 43.5 Å². The first-order chi connectivity index (χ1) is 16.2. The molecule has 5 rings (SSSR count). The monoisotopic (exact) mass is 468 g/mol. The molecule has 2 aliphatic heterocycles. The molecule has 2 saturated heterocycles. The number of tetrazole rings is 1. The smallest absolute Gasteiger partial charge is 0.173 e. The Bertz CT molecular complexity index is 1030. The predicted octanol–water partition coefficient (Wildman–Crippen LogP) is 3.43. The maximum absolute atomic E-state index is 6.19. The van der Waals surface area contributed by atoms with Crippen molar-refractivity contribution in [3.63, 3.8) is 0 Å². The van der Waals surface area contributed by atoms with E-state index in [9.17, 15) is 0 Å². The molecule has 0 bridgehead atoms. The highest BCUT2D eigenvalue weighted by Crippen LogP contribution is 2.31. The third kappa shape index (κ3) is 4.98. The summed E-state index contributed by atoms with van der Waals surface area (Å²) in [6.07, 6.45) is 2.31. The van der Waals surface area contributed by atoms with Crippen molar-refractivity contribution in [2.45, 2.75) is 31.5 Å². The Morgan fingerprint density at radius 3 is 2.48 bits per heavy atom. The summed E-state index contributed by atoms with van der Waals surface area (Å²) >= 11 is 6.19. The summed E-state index contributed by atoms with van der Waals surface area (Å²) in [5.74, 6) is 1.73. The number of nitrogens with zero attached hydrogens (tertiary/aromatic N) is 6. The van der Waals surface area contributed by atoms with Crippen molar-refractivity contribution in [1.82, 2.24) is 25.1 Å². The van der Waals surface area contributed by atoms with Crippen LogP contribution in [0.3, 0.4) is 0 Å². The van der Waals surface area contributed by atoms with Crippen LogP contribution in [0.15, 0.2) is 48.5 Å². The highest BCUT2D eigenvalue weighted by molar-refractivity contribution is 6.30. The topological polar surface area (TPSA) is 68.5 Å². The van der Waals surface area contributed by atoms with Crippen molar-refractivity contribution >= 4 is 17.3 Å². The van der Waals surface area contributed by atoms with E-state index in [0.29, 0.717) is 6.54 Å². The van der Waals surface area contributed by atoms with Crippen molar-refractivity contribution in [3.05, 3.63) is 64.9 Å². The number of hydrogen-bond acceptors (Lipinski definition) is 7. The van der Waals surface area contributed by atoms with Crippen LogP contribution >= 0.6 is 11.6 Å². The largest absolute Gasteiger partial charge is 0.497 e. The summed E-state index contributed by atoms with van der Waals surface area (Å²) < 4.78 is 13.1. The molecule has 0 unspecified atom stereocenters. The van der Waals surface area contributed by atoms with E-state index in [1.54, 1.807) is 7.11 Å². The van der Waals surface area contributed by atoms with E-state index in [-0.39, 0.29) is 12.1 Å². The molecule has 0 radical (unpaired) electrons. The first kappa shape index (κ1) is 22.1. The van der Waals surface area contributed by atoms with E-state index in [0.717, 1.165) is 67.8 Å². The van der Waals surface area contributed by atoms with Gasteiger partial charge in [-0.2, -0.15) is 0 Å². The predicted molar refractivity (Wildman–Crippen MR) is 127 cm³/mol. The minimum atomic E-state index is -0.0447. The van der Waals surface area contributed by atoms with Crippen LogP contribution in [0.2, 0.25) is 5.02 Å². The van der Waals surface area contributed by atoms with Crippen LogP contribution in [0.1, 0.15) is 30.3 Å². The second-order valence-corrected chi connectivity index (χ2v) is 8.97. The molecule has 0 saturated carbocycles. The molecule has 3 heterocycles. The van der Waals surface area contributed by atoms with Crippen molar-refractivity contribution in [1.29, 1.82) is 0 Å². The number of halogens is 1. The number of anilines is 1. The van der Waals surface area contributed by atoms with Crippen molar-refractivity contribution < 1.29 is 9.47 Å². The Kier molecular flexibility index (Phi) is 6.75. The van der Waals surface area contributed by atoms with Crippen LogP contribution in [0.4, 0.5) is 5.69 Å². The average molecular weight is 469 g/mol. The van der Waals surface area contributed by atoms with Gasteiger partial charge in [0.1, 0.15) is 5.75 Å². The molecule has 0 amide bonds. The maximum atomic E-state index is 6.19. The summed E-state index contributed by atoms with van der Waals surface area (Å²) in [6, 6.07) is 16.2. The zero-order chi connectivity index (χ0) is 22.6. The molecule has 8 nitrogen and oxygen atoms in total. The van der Waals surface area contributed by atoms with Gasteiger partial charge in [-0.3, -0.25) is 4.90 Å². The van der Waals surface area contributed by atoms with Crippen LogP contribution in [0.5, 0.6) is 5.75 Å². The van der Waals surface area contributed by atoms with Crippen LogP contribution in [-0.2, 0) is 11.3 Å². The summed E-state index contributed by atoms with van der Waals surface area (Å²) in [7, 11) is 1.69. The lowest BCUT2D eigenvalue weighted by molar-refractivity contribution is 0.0906. The van der Waals surface area contributed by atoms with E-state index >= 15 is 0 Å². The highest BCUT2D eigenvalue weighted by Gasteiger charge is 2.31. The standard InChI is InChI=1S/C24H29ClN6O2/c1-32-21-10-8-20(9-11-21)29-12-14-30(15-13-29)23(18-4-6-19(25)7-5-18)24-26-27-28-31(24)17-22-3-2-16-33-22/h4-11,22-23H,2-3,12-17H2,1H3/t22-,23-/m1/s1. The van der Waals surface area contributed by atoms with Gasteiger partial charge in [-0.15, -0.1) is 5.10 Å². The van der Waals surface area contributed by atoms with Crippen molar-refractivity contribution in [3.8, 4) is 5.75 Å². The third-order valence-electron chi connectivity index (χ3n) is 6.51. The first-order valence-corrected chi connectivity index (χ1v) is 11.9. The van der Waals surface area contributed by atoms with Crippen molar-refractivity contribution in [2.24, 2.45) is 0 Å². The molecule has 0 aliphatic carbocycles. The lowest BCUT2D eigenvalue weighted by Gasteiger charge is -2.40. The molecule has 0 N–H and O–H groups in total. The van der Waals surface area contributed by atoms with E-state index in [1.165, 1.54) is 5.69 Å². The SMILES string of the molecule is COc1ccc(N2CCN([C@H](c3ccc(Cl)cc3)c3nnnn3C[C@H]3CCCO3)CC2)cc1. The molecule has 2 atom stereocenters. The fraction of sp³-hybridized carbons (Fsp3) is 0.458. The summed E-state index contributed by atoms with van der Waals surface area (Å²) in [4.78, 5) is 4.87. The lowest BCUT2D eigenvalue weighted by atomic mass is 10.0. The van der Waals surface area contributed by atoms with Crippen LogP contribution in [0, 0.1) is 0 Å². The number of aromatic nitrogens is 4. The minimum Gasteiger partial charge on any atom is -0.497 e. The zero-order valence-corrected chi connectivity index (χ0v) is 19.6. The molecule has 174 valence electrons. The lowest BCUT2D eigenvalue weighted by Crippen LogP contribution is -2.48. The quantitative estimate of drug-likeness (QED) is 0.526. The first-order valence-electron chi connectivity index (χ1n) is 11.5. The number of benzene rings is 2.